The standard InChI is InChI=1S/C12H9F3N2O3/c1-17-10(11(18)19)6-9(16-17)7-3-2-4-8(5-7)20-12(13,14)15/h2-6H,1H3,(H,18,19). The summed E-state index contributed by atoms with van der Waals surface area (Å²) in [6.07, 6.45) is -4.78. The van der Waals surface area contributed by atoms with Crippen LogP contribution in [0.3, 0.4) is 0 Å². The van der Waals surface area contributed by atoms with E-state index in [1.54, 1.807) is 0 Å². The number of carbonyl (C=O) groups is 1. The van der Waals surface area contributed by atoms with Crippen molar-refractivity contribution >= 4 is 5.97 Å². The molecule has 0 aliphatic heterocycles. The molecular formula is C12H9F3N2O3. The van der Waals surface area contributed by atoms with Crippen molar-refractivity contribution in [2.75, 3.05) is 0 Å². The highest BCUT2D eigenvalue weighted by Gasteiger charge is 2.31. The van der Waals surface area contributed by atoms with E-state index >= 15 is 0 Å². The fraction of sp³-hybridized carbons (Fsp3) is 0.167. The summed E-state index contributed by atoms with van der Waals surface area (Å²) in [5.41, 5.74) is 0.509. The van der Waals surface area contributed by atoms with Gasteiger partial charge in [0.2, 0.25) is 0 Å². The lowest BCUT2D eigenvalue weighted by Gasteiger charge is -2.09. The molecule has 0 atom stereocenters. The second kappa shape index (κ2) is 4.87. The van der Waals surface area contributed by atoms with Gasteiger partial charge >= 0.3 is 12.3 Å². The molecule has 0 bridgehead atoms. The summed E-state index contributed by atoms with van der Waals surface area (Å²) in [5, 5.41) is 12.8. The molecule has 5 nitrogen and oxygen atoms in total. The van der Waals surface area contributed by atoms with Crippen LogP contribution < -0.4 is 4.74 Å². The maximum absolute atomic E-state index is 12.1. The van der Waals surface area contributed by atoms with Gasteiger partial charge in [-0.3, -0.25) is 4.68 Å². The van der Waals surface area contributed by atoms with Crippen molar-refractivity contribution in [2.24, 2.45) is 7.05 Å². The van der Waals surface area contributed by atoms with Gasteiger partial charge in [0.15, 0.2) is 0 Å². The van der Waals surface area contributed by atoms with Crippen molar-refractivity contribution in [1.29, 1.82) is 0 Å². The van der Waals surface area contributed by atoms with E-state index in [2.05, 4.69) is 9.84 Å². The molecule has 20 heavy (non-hydrogen) atoms. The van der Waals surface area contributed by atoms with E-state index < -0.39 is 18.1 Å². The quantitative estimate of drug-likeness (QED) is 0.942. The largest absolute Gasteiger partial charge is 0.573 e. The van der Waals surface area contributed by atoms with E-state index in [1.165, 1.54) is 25.2 Å². The SMILES string of the molecule is Cn1nc(-c2cccc(OC(F)(F)F)c2)cc1C(=O)O. The van der Waals surface area contributed by atoms with Gasteiger partial charge in [-0.25, -0.2) is 4.79 Å². The number of halogens is 3. The Morgan fingerprint density at radius 2 is 2.05 bits per heavy atom. The van der Waals surface area contributed by atoms with E-state index in [0.29, 0.717) is 5.56 Å². The van der Waals surface area contributed by atoms with Gasteiger partial charge in [-0.1, -0.05) is 12.1 Å². The minimum atomic E-state index is -4.78. The van der Waals surface area contributed by atoms with Crippen LogP contribution in [0.1, 0.15) is 10.5 Å². The van der Waals surface area contributed by atoms with E-state index in [0.717, 1.165) is 16.8 Å². The van der Waals surface area contributed by atoms with Gasteiger partial charge < -0.3 is 9.84 Å². The number of hydrogen-bond acceptors (Lipinski definition) is 3. The number of hydrogen-bond donors (Lipinski definition) is 1. The van der Waals surface area contributed by atoms with Crippen molar-refractivity contribution in [3.63, 3.8) is 0 Å². The number of aryl methyl sites for hydroxylation is 1. The third kappa shape index (κ3) is 3.08. The summed E-state index contributed by atoms with van der Waals surface area (Å²) in [6.45, 7) is 0. The minimum Gasteiger partial charge on any atom is -0.477 e. The first-order valence-electron chi connectivity index (χ1n) is 5.40. The van der Waals surface area contributed by atoms with Gasteiger partial charge in [-0.15, -0.1) is 13.2 Å². The molecule has 0 fully saturated rings. The van der Waals surface area contributed by atoms with Crippen LogP contribution in [0.25, 0.3) is 11.3 Å². The van der Waals surface area contributed by atoms with E-state index in [4.69, 9.17) is 5.11 Å². The Morgan fingerprint density at radius 3 is 2.60 bits per heavy atom. The maximum Gasteiger partial charge on any atom is 0.573 e. The average Bonchev–Trinajstić information content (AvgIpc) is 2.69. The van der Waals surface area contributed by atoms with Crippen LogP contribution in [0.2, 0.25) is 0 Å². The molecule has 0 aliphatic carbocycles. The fourth-order valence-electron chi connectivity index (χ4n) is 1.66. The van der Waals surface area contributed by atoms with E-state index in [9.17, 15) is 18.0 Å². The van der Waals surface area contributed by atoms with Crippen LogP contribution in [-0.2, 0) is 7.05 Å². The number of alkyl halides is 3. The molecule has 1 N–H and O–H groups in total. The van der Waals surface area contributed by atoms with Crippen molar-refractivity contribution in [3.05, 3.63) is 36.0 Å². The molecule has 0 saturated carbocycles. The summed E-state index contributed by atoms with van der Waals surface area (Å²) in [6, 6.07) is 6.44. The molecular weight excluding hydrogens is 277 g/mol. The Balaban J connectivity index is 2.36. The average molecular weight is 286 g/mol. The molecule has 0 aliphatic rings. The number of carboxylic acid groups (broad SMARTS) is 1. The normalized spacial score (nSPS) is 11.4. The highest BCUT2D eigenvalue weighted by Crippen LogP contribution is 2.27. The predicted octanol–water partition coefficient (Wildman–Crippen LogP) is 2.68. The molecule has 0 radical (unpaired) electrons. The lowest BCUT2D eigenvalue weighted by molar-refractivity contribution is -0.274. The zero-order valence-corrected chi connectivity index (χ0v) is 10.2. The number of rotatable bonds is 3. The Hall–Kier alpha value is -2.51. The highest BCUT2D eigenvalue weighted by molar-refractivity contribution is 5.87. The minimum absolute atomic E-state index is 0.0675. The first-order valence-corrected chi connectivity index (χ1v) is 5.40. The lowest BCUT2D eigenvalue weighted by Crippen LogP contribution is -2.17. The number of aromatic carboxylic acids is 1. The molecule has 0 unspecified atom stereocenters. The van der Waals surface area contributed by atoms with Gasteiger partial charge in [0.25, 0.3) is 0 Å². The molecule has 1 heterocycles. The van der Waals surface area contributed by atoms with E-state index in [1.807, 2.05) is 0 Å². The Bertz CT molecular complexity index is 650. The van der Waals surface area contributed by atoms with Crippen LogP contribution in [-0.4, -0.2) is 27.2 Å². The van der Waals surface area contributed by atoms with Crippen molar-refractivity contribution in [1.82, 2.24) is 9.78 Å². The predicted molar refractivity (Wildman–Crippen MR) is 62.3 cm³/mol. The van der Waals surface area contributed by atoms with Gasteiger partial charge in [-0.2, -0.15) is 5.10 Å². The third-order valence-electron chi connectivity index (χ3n) is 2.46. The summed E-state index contributed by atoms with van der Waals surface area (Å²) in [5.74, 6) is -1.56. The Kier molecular flexibility index (Phi) is 3.39. The lowest BCUT2D eigenvalue weighted by atomic mass is 10.1. The van der Waals surface area contributed by atoms with Crippen molar-refractivity contribution in [3.8, 4) is 17.0 Å². The zero-order chi connectivity index (χ0) is 14.9. The topological polar surface area (TPSA) is 64.4 Å². The first-order chi connectivity index (χ1) is 9.26. The Labute approximate surface area is 111 Å². The third-order valence-corrected chi connectivity index (χ3v) is 2.46. The fourth-order valence-corrected chi connectivity index (χ4v) is 1.66. The van der Waals surface area contributed by atoms with Gasteiger partial charge in [0.05, 0.1) is 5.69 Å². The van der Waals surface area contributed by atoms with Gasteiger partial charge in [-0.05, 0) is 18.2 Å². The molecule has 2 aromatic rings. The van der Waals surface area contributed by atoms with Gasteiger partial charge in [0, 0.05) is 12.6 Å². The zero-order valence-electron chi connectivity index (χ0n) is 10.2. The monoisotopic (exact) mass is 286 g/mol. The molecule has 0 amide bonds. The smallest absolute Gasteiger partial charge is 0.477 e. The first kappa shape index (κ1) is 13.9. The van der Waals surface area contributed by atoms with Crippen LogP contribution >= 0.6 is 0 Å². The van der Waals surface area contributed by atoms with Crippen molar-refractivity contribution < 1.29 is 27.8 Å². The summed E-state index contributed by atoms with van der Waals surface area (Å²) < 4.78 is 41.3. The highest BCUT2D eigenvalue weighted by atomic mass is 19.4. The van der Waals surface area contributed by atoms with E-state index in [-0.39, 0.29) is 11.4 Å². The number of carboxylic acids is 1. The number of aromatic nitrogens is 2. The molecule has 106 valence electrons. The number of ether oxygens (including phenoxy) is 1. The summed E-state index contributed by atoms with van der Waals surface area (Å²) in [7, 11) is 1.43. The van der Waals surface area contributed by atoms with Gasteiger partial charge in [0.1, 0.15) is 11.4 Å². The van der Waals surface area contributed by atoms with Crippen LogP contribution in [0.15, 0.2) is 30.3 Å². The second-order valence-electron chi connectivity index (χ2n) is 3.92. The van der Waals surface area contributed by atoms with Crippen LogP contribution in [0, 0.1) is 0 Å². The molecule has 1 aromatic heterocycles. The molecule has 1 aromatic carbocycles. The number of benzene rings is 1. The molecule has 2 rings (SSSR count). The van der Waals surface area contributed by atoms with Crippen LogP contribution in [0.4, 0.5) is 13.2 Å². The van der Waals surface area contributed by atoms with Crippen LogP contribution in [0.5, 0.6) is 5.75 Å². The summed E-state index contributed by atoms with van der Waals surface area (Å²) in [4.78, 5) is 10.9. The Morgan fingerprint density at radius 1 is 1.35 bits per heavy atom. The molecule has 8 heteroatoms. The molecule has 0 spiro atoms. The maximum atomic E-state index is 12.1. The molecule has 0 saturated heterocycles. The summed E-state index contributed by atoms with van der Waals surface area (Å²) >= 11 is 0. The van der Waals surface area contributed by atoms with Crippen molar-refractivity contribution in [2.45, 2.75) is 6.36 Å². The second-order valence-corrected chi connectivity index (χ2v) is 3.92. The number of nitrogens with zero attached hydrogens (tertiary/aromatic N) is 2.